The Balaban J connectivity index is 2.43. The minimum Gasteiger partial charge on any atom is -0.487 e. The minimum atomic E-state index is -3.85. The van der Waals surface area contributed by atoms with Crippen LogP contribution in [-0.4, -0.2) is 73.7 Å². The molecule has 0 saturated heterocycles. The van der Waals surface area contributed by atoms with Gasteiger partial charge in [0, 0.05) is 36.1 Å². The quantitative estimate of drug-likeness (QED) is 0.657. The lowest BCUT2D eigenvalue weighted by atomic mass is 10.0. The Hall–Kier alpha value is -1.36. The number of nitrogens with zero attached hydrogens (tertiary/aromatic N) is 2. The van der Waals surface area contributed by atoms with Crippen LogP contribution in [0.4, 0.5) is 4.79 Å². The van der Waals surface area contributed by atoms with Gasteiger partial charge in [-0.15, -0.1) is 0 Å². The molecule has 0 saturated carbocycles. The zero-order chi connectivity index (χ0) is 21.9. The molecule has 1 aromatic carbocycles. The number of likely N-dealkylation sites (N-methyl/N-ethyl adjacent to an activating group) is 1. The van der Waals surface area contributed by atoms with Gasteiger partial charge in [-0.25, -0.2) is 13.2 Å². The number of urea groups is 1. The van der Waals surface area contributed by atoms with E-state index >= 15 is 0 Å². The summed E-state index contributed by atoms with van der Waals surface area (Å²) in [5, 5.41) is 12.5. The number of hydrogen-bond donors (Lipinski definition) is 2. The number of carbonyl (C=O) groups is 1. The molecular formula is C19H30BrN3O5S. The lowest BCUT2D eigenvalue weighted by Crippen LogP contribution is -2.51. The van der Waals surface area contributed by atoms with Gasteiger partial charge in [-0.2, -0.15) is 4.31 Å². The van der Waals surface area contributed by atoms with Crippen molar-refractivity contribution in [3.8, 4) is 5.75 Å². The average molecular weight is 492 g/mol. The molecule has 1 heterocycles. The third-order valence-electron chi connectivity index (χ3n) is 4.84. The summed E-state index contributed by atoms with van der Waals surface area (Å²) >= 11 is 3.36. The van der Waals surface area contributed by atoms with Crippen molar-refractivity contribution in [1.82, 2.24) is 14.5 Å². The van der Waals surface area contributed by atoms with Gasteiger partial charge in [0.1, 0.15) is 16.7 Å². The topological polar surface area (TPSA) is 99.2 Å². The number of aliphatic hydroxyl groups excluding tert-OH is 1. The molecule has 0 fully saturated rings. The van der Waals surface area contributed by atoms with Crippen molar-refractivity contribution in [1.29, 1.82) is 0 Å². The lowest BCUT2D eigenvalue weighted by Gasteiger charge is -2.37. The van der Waals surface area contributed by atoms with Crippen LogP contribution < -0.4 is 10.1 Å². The number of ether oxygens (including phenoxy) is 1. The molecule has 0 radical (unpaired) electrons. The van der Waals surface area contributed by atoms with Crippen LogP contribution in [0.3, 0.4) is 0 Å². The molecule has 8 nitrogen and oxygen atoms in total. The summed E-state index contributed by atoms with van der Waals surface area (Å²) in [6, 6.07) is 3.95. The van der Waals surface area contributed by atoms with Gasteiger partial charge in [0.25, 0.3) is 0 Å². The normalized spacial score (nSPS) is 22.8. The van der Waals surface area contributed by atoms with Crippen LogP contribution in [0.25, 0.3) is 0 Å². The number of halogens is 1. The van der Waals surface area contributed by atoms with E-state index in [0.29, 0.717) is 4.47 Å². The summed E-state index contributed by atoms with van der Waals surface area (Å²) < 4.78 is 34.6. The fourth-order valence-corrected chi connectivity index (χ4v) is 5.29. The molecule has 29 heavy (non-hydrogen) atoms. The van der Waals surface area contributed by atoms with Crippen LogP contribution in [0.1, 0.15) is 27.7 Å². The summed E-state index contributed by atoms with van der Waals surface area (Å²) in [4.78, 5) is 13.9. The number of carbonyl (C=O) groups excluding carboxylic acids is 1. The van der Waals surface area contributed by atoms with E-state index in [9.17, 15) is 18.3 Å². The molecule has 1 aliphatic heterocycles. The number of benzene rings is 1. The van der Waals surface area contributed by atoms with Crippen LogP contribution in [0.15, 0.2) is 27.6 Å². The SMILES string of the molecule is CC(C)NC(=O)N(C)C[C@H]1Oc2cc(Br)ccc2S(=O)(=O)N([C@H](C)CO)C[C@H]1C. The molecule has 0 aliphatic carbocycles. The monoisotopic (exact) mass is 491 g/mol. The van der Waals surface area contributed by atoms with Crippen LogP contribution in [0, 0.1) is 5.92 Å². The Kier molecular flexibility index (Phi) is 7.94. The zero-order valence-electron chi connectivity index (χ0n) is 17.4. The van der Waals surface area contributed by atoms with Crippen LogP contribution in [-0.2, 0) is 10.0 Å². The first-order chi connectivity index (χ1) is 13.5. The first kappa shape index (κ1) is 23.9. The van der Waals surface area contributed by atoms with E-state index < -0.39 is 22.2 Å². The van der Waals surface area contributed by atoms with Gasteiger partial charge < -0.3 is 20.1 Å². The molecule has 10 heteroatoms. The van der Waals surface area contributed by atoms with Crippen molar-refractivity contribution in [3.05, 3.63) is 22.7 Å². The van der Waals surface area contributed by atoms with E-state index in [1.165, 1.54) is 15.3 Å². The Labute approximate surface area is 181 Å². The highest BCUT2D eigenvalue weighted by Gasteiger charge is 2.38. The number of amides is 2. The molecule has 2 rings (SSSR count). The van der Waals surface area contributed by atoms with E-state index in [1.54, 1.807) is 26.1 Å². The average Bonchev–Trinajstić information content (AvgIpc) is 2.63. The first-order valence-corrected chi connectivity index (χ1v) is 11.8. The standard InChI is InChI=1S/C19H30BrN3O5S/c1-12(2)21-19(25)22(5)10-17-13(3)9-23(14(4)11-24)29(26,27)18-7-6-15(20)8-16(18)28-17/h6-8,12-14,17,24H,9-11H2,1-5H3,(H,21,25)/t13-,14-,17-/m1/s1. The second-order valence-electron chi connectivity index (χ2n) is 7.82. The van der Waals surface area contributed by atoms with Gasteiger partial charge in [-0.05, 0) is 39.0 Å². The van der Waals surface area contributed by atoms with Gasteiger partial charge in [0.15, 0.2) is 0 Å². The molecule has 0 aromatic heterocycles. The Morgan fingerprint density at radius 3 is 2.66 bits per heavy atom. The third-order valence-corrected chi connectivity index (χ3v) is 7.35. The molecule has 0 spiro atoms. The van der Waals surface area contributed by atoms with Gasteiger partial charge in [0.05, 0.1) is 13.2 Å². The highest BCUT2D eigenvalue weighted by Crippen LogP contribution is 2.35. The molecule has 0 unspecified atom stereocenters. The minimum absolute atomic E-state index is 0.00310. The summed E-state index contributed by atoms with van der Waals surface area (Å²) in [5.41, 5.74) is 0. The van der Waals surface area contributed by atoms with Crippen molar-refractivity contribution in [2.45, 2.75) is 50.8 Å². The van der Waals surface area contributed by atoms with Gasteiger partial charge in [-0.1, -0.05) is 22.9 Å². The number of aliphatic hydroxyl groups is 1. The van der Waals surface area contributed by atoms with E-state index in [0.717, 1.165) is 0 Å². The second-order valence-corrected chi connectivity index (χ2v) is 10.6. The molecule has 1 aliphatic rings. The number of rotatable bonds is 5. The smallest absolute Gasteiger partial charge is 0.317 e. The summed E-state index contributed by atoms with van der Waals surface area (Å²) in [5.74, 6) is 0.00365. The van der Waals surface area contributed by atoms with E-state index in [4.69, 9.17) is 4.74 Å². The van der Waals surface area contributed by atoms with E-state index in [2.05, 4.69) is 21.2 Å². The molecular weight excluding hydrogens is 462 g/mol. The maximum absolute atomic E-state index is 13.2. The number of nitrogens with one attached hydrogen (secondary N) is 1. The van der Waals surface area contributed by atoms with Crippen LogP contribution in [0.5, 0.6) is 5.75 Å². The Bertz CT molecular complexity index is 833. The van der Waals surface area contributed by atoms with Crippen molar-refractivity contribution >= 4 is 32.0 Å². The number of sulfonamides is 1. The summed E-state index contributed by atoms with van der Waals surface area (Å²) in [6.07, 6.45) is -0.435. The predicted molar refractivity (Wildman–Crippen MR) is 114 cm³/mol. The van der Waals surface area contributed by atoms with Crippen molar-refractivity contribution in [2.24, 2.45) is 5.92 Å². The van der Waals surface area contributed by atoms with Crippen molar-refractivity contribution in [3.63, 3.8) is 0 Å². The number of hydrogen-bond acceptors (Lipinski definition) is 5. The maximum Gasteiger partial charge on any atom is 0.317 e. The summed E-state index contributed by atoms with van der Waals surface area (Å²) in [7, 11) is -2.17. The van der Waals surface area contributed by atoms with E-state index in [1.807, 2.05) is 20.8 Å². The maximum atomic E-state index is 13.2. The molecule has 0 bridgehead atoms. The third kappa shape index (κ3) is 5.62. The fraction of sp³-hybridized carbons (Fsp3) is 0.632. The van der Waals surface area contributed by atoms with Gasteiger partial charge in [0.2, 0.25) is 10.0 Å². The molecule has 164 valence electrons. The highest BCUT2D eigenvalue weighted by atomic mass is 79.9. The fourth-order valence-electron chi connectivity index (χ4n) is 3.13. The largest absolute Gasteiger partial charge is 0.487 e. The zero-order valence-corrected chi connectivity index (χ0v) is 19.8. The molecule has 3 atom stereocenters. The Morgan fingerprint density at radius 2 is 2.07 bits per heavy atom. The first-order valence-electron chi connectivity index (χ1n) is 9.57. The van der Waals surface area contributed by atoms with Crippen LogP contribution >= 0.6 is 15.9 Å². The predicted octanol–water partition coefficient (Wildman–Crippen LogP) is 2.27. The highest BCUT2D eigenvalue weighted by molar-refractivity contribution is 9.10. The van der Waals surface area contributed by atoms with Crippen molar-refractivity contribution in [2.75, 3.05) is 26.7 Å². The summed E-state index contributed by atoms with van der Waals surface area (Å²) in [6.45, 7) is 7.48. The van der Waals surface area contributed by atoms with E-state index in [-0.39, 0.29) is 48.3 Å². The molecule has 2 amide bonds. The van der Waals surface area contributed by atoms with Crippen molar-refractivity contribution < 1.29 is 23.1 Å². The van der Waals surface area contributed by atoms with Gasteiger partial charge >= 0.3 is 6.03 Å². The Morgan fingerprint density at radius 1 is 1.41 bits per heavy atom. The second kappa shape index (κ2) is 9.63. The lowest BCUT2D eigenvalue weighted by molar-refractivity contribution is 0.0809. The molecule has 1 aromatic rings. The van der Waals surface area contributed by atoms with Crippen LogP contribution in [0.2, 0.25) is 0 Å². The molecule has 2 N–H and O–H groups in total. The van der Waals surface area contributed by atoms with Gasteiger partial charge in [-0.3, -0.25) is 0 Å². The number of fused-ring (bicyclic) bond motifs is 1.